The number of anilines is 1. The van der Waals surface area contributed by atoms with Gasteiger partial charge in [0, 0.05) is 16.4 Å². The van der Waals surface area contributed by atoms with Crippen molar-refractivity contribution in [2.75, 3.05) is 5.43 Å². The third kappa shape index (κ3) is 3.62. The normalized spacial score (nSPS) is 11.4. The minimum absolute atomic E-state index is 0.150. The minimum Gasteiger partial charge on any atom is -0.308 e. The first-order valence-electron chi connectivity index (χ1n) is 6.19. The SMILES string of the molecule is CC(C)(C)c1nc(NN)cc(Sc2ccccc2Cl)n1. The van der Waals surface area contributed by atoms with Crippen LogP contribution in [0.4, 0.5) is 5.82 Å². The number of aromatic nitrogens is 2. The summed E-state index contributed by atoms with van der Waals surface area (Å²) in [5, 5.41) is 1.52. The first-order valence-corrected chi connectivity index (χ1v) is 7.38. The molecule has 0 aliphatic heterocycles. The van der Waals surface area contributed by atoms with Gasteiger partial charge in [-0.3, -0.25) is 0 Å². The van der Waals surface area contributed by atoms with E-state index in [1.807, 2.05) is 30.3 Å². The molecular weight excluding hydrogens is 292 g/mol. The Labute approximate surface area is 128 Å². The van der Waals surface area contributed by atoms with Gasteiger partial charge in [-0.25, -0.2) is 15.8 Å². The molecule has 20 heavy (non-hydrogen) atoms. The topological polar surface area (TPSA) is 63.8 Å². The van der Waals surface area contributed by atoms with Crippen molar-refractivity contribution in [2.45, 2.75) is 36.1 Å². The van der Waals surface area contributed by atoms with E-state index >= 15 is 0 Å². The molecule has 2 aromatic rings. The van der Waals surface area contributed by atoms with E-state index in [1.54, 1.807) is 0 Å². The molecule has 1 heterocycles. The maximum absolute atomic E-state index is 6.17. The van der Waals surface area contributed by atoms with Crippen molar-refractivity contribution in [2.24, 2.45) is 5.84 Å². The predicted octanol–water partition coefficient (Wildman–Crippen LogP) is 3.86. The van der Waals surface area contributed by atoms with E-state index < -0.39 is 0 Å². The molecule has 4 nitrogen and oxygen atoms in total. The Morgan fingerprint density at radius 1 is 1.20 bits per heavy atom. The van der Waals surface area contributed by atoms with E-state index in [0.29, 0.717) is 10.8 Å². The van der Waals surface area contributed by atoms with Crippen LogP contribution < -0.4 is 11.3 Å². The smallest absolute Gasteiger partial charge is 0.144 e. The van der Waals surface area contributed by atoms with E-state index in [2.05, 4.69) is 36.2 Å². The van der Waals surface area contributed by atoms with Gasteiger partial charge in [-0.05, 0) is 12.1 Å². The van der Waals surface area contributed by atoms with Crippen LogP contribution in [-0.4, -0.2) is 9.97 Å². The number of rotatable bonds is 3. The summed E-state index contributed by atoms with van der Waals surface area (Å²) in [5.41, 5.74) is 2.43. The van der Waals surface area contributed by atoms with Crippen LogP contribution in [0.5, 0.6) is 0 Å². The van der Waals surface area contributed by atoms with Crippen molar-refractivity contribution >= 4 is 29.2 Å². The second-order valence-corrected chi connectivity index (χ2v) is 6.81. The summed E-state index contributed by atoms with van der Waals surface area (Å²) in [6.45, 7) is 6.19. The maximum Gasteiger partial charge on any atom is 0.144 e. The highest BCUT2D eigenvalue weighted by atomic mass is 35.5. The van der Waals surface area contributed by atoms with Crippen molar-refractivity contribution in [1.82, 2.24) is 9.97 Å². The number of nitrogen functional groups attached to an aromatic ring is 1. The summed E-state index contributed by atoms with van der Waals surface area (Å²) in [7, 11) is 0. The quantitative estimate of drug-likeness (QED) is 0.512. The maximum atomic E-state index is 6.17. The van der Waals surface area contributed by atoms with Gasteiger partial charge in [0.15, 0.2) is 0 Å². The monoisotopic (exact) mass is 308 g/mol. The molecule has 0 unspecified atom stereocenters. The molecule has 0 amide bonds. The minimum atomic E-state index is -0.150. The summed E-state index contributed by atoms with van der Waals surface area (Å²) in [4.78, 5) is 9.93. The summed E-state index contributed by atoms with van der Waals surface area (Å²) in [6, 6.07) is 9.48. The van der Waals surface area contributed by atoms with E-state index in [-0.39, 0.29) is 5.41 Å². The Hall–Kier alpha value is -1.30. The van der Waals surface area contributed by atoms with E-state index in [9.17, 15) is 0 Å². The lowest BCUT2D eigenvalue weighted by Crippen LogP contribution is -2.19. The highest BCUT2D eigenvalue weighted by molar-refractivity contribution is 7.99. The fourth-order valence-corrected chi connectivity index (χ4v) is 2.62. The van der Waals surface area contributed by atoms with Gasteiger partial charge in [0.2, 0.25) is 0 Å². The molecule has 2 rings (SSSR count). The van der Waals surface area contributed by atoms with Crippen LogP contribution in [0.15, 0.2) is 40.3 Å². The molecule has 1 aromatic carbocycles. The summed E-state index contributed by atoms with van der Waals surface area (Å²) >= 11 is 7.67. The van der Waals surface area contributed by atoms with Crippen LogP contribution in [0.25, 0.3) is 0 Å². The number of hydrogen-bond donors (Lipinski definition) is 2. The number of hydrogen-bond acceptors (Lipinski definition) is 5. The van der Waals surface area contributed by atoms with Crippen molar-refractivity contribution in [3.05, 3.63) is 41.2 Å². The largest absolute Gasteiger partial charge is 0.308 e. The number of nitrogens with zero attached hydrogens (tertiary/aromatic N) is 2. The van der Waals surface area contributed by atoms with Crippen LogP contribution in [0.3, 0.4) is 0 Å². The van der Waals surface area contributed by atoms with Crippen molar-refractivity contribution in [3.63, 3.8) is 0 Å². The zero-order chi connectivity index (χ0) is 14.8. The van der Waals surface area contributed by atoms with Gasteiger partial charge < -0.3 is 5.43 Å². The second kappa shape index (κ2) is 5.99. The van der Waals surface area contributed by atoms with E-state index in [0.717, 1.165) is 15.7 Å². The zero-order valence-electron chi connectivity index (χ0n) is 11.6. The third-order valence-electron chi connectivity index (χ3n) is 2.57. The number of hydrazine groups is 1. The Bertz CT molecular complexity index is 610. The molecule has 0 aliphatic rings. The van der Waals surface area contributed by atoms with Gasteiger partial charge in [-0.15, -0.1) is 0 Å². The van der Waals surface area contributed by atoms with Gasteiger partial charge in [0.25, 0.3) is 0 Å². The Morgan fingerprint density at radius 3 is 2.50 bits per heavy atom. The number of nitrogens with two attached hydrogens (primary N) is 1. The second-order valence-electron chi connectivity index (χ2n) is 5.34. The first-order chi connectivity index (χ1) is 9.40. The highest BCUT2D eigenvalue weighted by Gasteiger charge is 2.19. The van der Waals surface area contributed by atoms with Gasteiger partial charge in [-0.1, -0.05) is 56.3 Å². The van der Waals surface area contributed by atoms with Crippen molar-refractivity contribution in [3.8, 4) is 0 Å². The molecule has 0 atom stereocenters. The number of halogens is 1. The molecule has 3 N–H and O–H groups in total. The van der Waals surface area contributed by atoms with Crippen LogP contribution in [0.2, 0.25) is 5.02 Å². The Balaban J connectivity index is 2.39. The van der Waals surface area contributed by atoms with Crippen LogP contribution in [0.1, 0.15) is 26.6 Å². The number of benzene rings is 1. The molecule has 1 aromatic heterocycles. The van der Waals surface area contributed by atoms with Crippen LogP contribution >= 0.6 is 23.4 Å². The van der Waals surface area contributed by atoms with E-state index in [1.165, 1.54) is 11.8 Å². The fraction of sp³-hybridized carbons (Fsp3) is 0.286. The molecule has 0 fully saturated rings. The molecule has 0 saturated carbocycles. The lowest BCUT2D eigenvalue weighted by molar-refractivity contribution is 0.539. The molecule has 0 aliphatic carbocycles. The van der Waals surface area contributed by atoms with Gasteiger partial charge in [0.05, 0.1) is 5.02 Å². The summed E-state index contributed by atoms with van der Waals surface area (Å²) in [6.07, 6.45) is 0. The summed E-state index contributed by atoms with van der Waals surface area (Å²) < 4.78 is 0. The number of nitrogens with one attached hydrogen (secondary N) is 1. The highest BCUT2D eigenvalue weighted by Crippen LogP contribution is 2.33. The molecule has 6 heteroatoms. The predicted molar refractivity (Wildman–Crippen MR) is 84.1 cm³/mol. The van der Waals surface area contributed by atoms with Crippen LogP contribution in [0, 0.1) is 0 Å². The summed E-state index contributed by atoms with van der Waals surface area (Å²) in [5.74, 6) is 6.81. The molecule has 0 radical (unpaired) electrons. The average Bonchev–Trinajstić information content (AvgIpc) is 2.40. The first kappa shape index (κ1) is 15.1. The van der Waals surface area contributed by atoms with Crippen molar-refractivity contribution in [1.29, 1.82) is 0 Å². The van der Waals surface area contributed by atoms with Gasteiger partial charge in [0.1, 0.15) is 16.7 Å². The lowest BCUT2D eigenvalue weighted by atomic mass is 9.96. The Kier molecular flexibility index (Phi) is 4.52. The molecule has 0 bridgehead atoms. The molecular formula is C14H17ClN4S. The third-order valence-corrected chi connectivity index (χ3v) is 4.01. The standard InChI is InChI=1S/C14H17ClN4S/c1-14(2,3)13-17-11(19-16)8-12(18-13)20-10-7-5-4-6-9(10)15/h4-8H,16H2,1-3H3,(H,17,18,19). The molecule has 0 spiro atoms. The van der Waals surface area contributed by atoms with Crippen LogP contribution in [-0.2, 0) is 5.41 Å². The van der Waals surface area contributed by atoms with E-state index in [4.69, 9.17) is 17.4 Å². The molecule has 106 valence electrons. The molecule has 0 saturated heterocycles. The van der Waals surface area contributed by atoms with Gasteiger partial charge in [-0.2, -0.15) is 0 Å². The van der Waals surface area contributed by atoms with Gasteiger partial charge >= 0.3 is 0 Å². The van der Waals surface area contributed by atoms with Crippen molar-refractivity contribution < 1.29 is 0 Å². The fourth-order valence-electron chi connectivity index (χ4n) is 1.53. The average molecular weight is 309 g/mol. The zero-order valence-corrected chi connectivity index (χ0v) is 13.2. The Morgan fingerprint density at radius 2 is 1.90 bits per heavy atom. The lowest BCUT2D eigenvalue weighted by Gasteiger charge is -2.18.